The molecule has 1 rings (SSSR count). The van der Waals surface area contributed by atoms with Crippen LogP contribution in [-0.4, -0.2) is 19.0 Å². The average Bonchev–Trinajstić information content (AvgIpc) is 2.06. The number of Topliss-reactive ketones (excluding diaryl/α,β-unsaturated/α-hetero) is 1. The summed E-state index contributed by atoms with van der Waals surface area (Å²) in [5.74, 6) is 0.0926. The third kappa shape index (κ3) is 2.02. The molecule has 12 heavy (non-hydrogen) atoms. The number of aliphatic imine (C=N–C) groups is 1. The van der Waals surface area contributed by atoms with E-state index in [1.807, 2.05) is 12.1 Å². The first-order valence-electron chi connectivity index (χ1n) is 3.77. The average molecular weight is 161 g/mol. The van der Waals surface area contributed by atoms with Crippen LogP contribution in [0.4, 0.5) is 0 Å². The number of ketones is 1. The van der Waals surface area contributed by atoms with E-state index in [-0.39, 0.29) is 5.78 Å². The molecule has 0 atom stereocenters. The molecule has 0 saturated carbocycles. The summed E-state index contributed by atoms with van der Waals surface area (Å²) in [5, 5.41) is 0. The first-order valence-corrected chi connectivity index (χ1v) is 3.77. The number of hydrogen-bond donors (Lipinski definition) is 0. The van der Waals surface area contributed by atoms with Gasteiger partial charge in [0, 0.05) is 18.8 Å². The van der Waals surface area contributed by atoms with E-state index in [0.29, 0.717) is 0 Å². The van der Waals surface area contributed by atoms with Crippen molar-refractivity contribution in [1.82, 2.24) is 0 Å². The number of hydrogen-bond acceptors (Lipinski definition) is 2. The Balaban J connectivity index is 2.93. The Kier molecular flexibility index (Phi) is 2.75. The van der Waals surface area contributed by atoms with Crippen molar-refractivity contribution in [3.05, 3.63) is 35.4 Å². The Hall–Kier alpha value is -1.44. The van der Waals surface area contributed by atoms with Crippen molar-refractivity contribution in [3.63, 3.8) is 0 Å². The summed E-state index contributed by atoms with van der Waals surface area (Å²) < 4.78 is 0. The van der Waals surface area contributed by atoms with Crippen molar-refractivity contribution < 1.29 is 4.79 Å². The van der Waals surface area contributed by atoms with E-state index in [1.165, 1.54) is 0 Å². The highest BCUT2D eigenvalue weighted by molar-refractivity contribution is 5.94. The molecule has 0 aliphatic carbocycles. The zero-order valence-electron chi connectivity index (χ0n) is 7.24. The van der Waals surface area contributed by atoms with Crippen LogP contribution in [0.2, 0.25) is 0 Å². The van der Waals surface area contributed by atoms with Crippen molar-refractivity contribution in [1.29, 1.82) is 0 Å². The minimum atomic E-state index is 0.0926. The summed E-state index contributed by atoms with van der Waals surface area (Å²) in [5.41, 5.74) is 1.76. The van der Waals surface area contributed by atoms with Gasteiger partial charge in [-0.1, -0.05) is 24.3 Å². The molecule has 2 heteroatoms. The predicted molar refractivity (Wildman–Crippen MR) is 50.0 cm³/mol. The summed E-state index contributed by atoms with van der Waals surface area (Å²) in [6, 6.07) is 7.37. The Labute approximate surface area is 71.9 Å². The highest BCUT2D eigenvalue weighted by Gasteiger charge is 1.96. The van der Waals surface area contributed by atoms with Crippen LogP contribution in [0.1, 0.15) is 22.8 Å². The molecule has 1 aromatic carbocycles. The fraction of sp³-hybridized carbons (Fsp3) is 0.200. The lowest BCUT2D eigenvalue weighted by Gasteiger charge is -1.95. The van der Waals surface area contributed by atoms with E-state index in [1.54, 1.807) is 32.3 Å². The summed E-state index contributed by atoms with van der Waals surface area (Å²) in [7, 11) is 1.72. The van der Waals surface area contributed by atoms with E-state index >= 15 is 0 Å². The number of nitrogens with zero attached hydrogens (tertiary/aromatic N) is 1. The molecule has 0 radical (unpaired) electrons. The van der Waals surface area contributed by atoms with Crippen LogP contribution in [0.15, 0.2) is 29.3 Å². The second-order valence-corrected chi connectivity index (χ2v) is 2.57. The van der Waals surface area contributed by atoms with Crippen LogP contribution in [0.5, 0.6) is 0 Å². The number of carbonyl (C=O) groups is 1. The number of rotatable bonds is 2. The van der Waals surface area contributed by atoms with Crippen LogP contribution in [-0.2, 0) is 0 Å². The molecule has 0 fully saturated rings. The van der Waals surface area contributed by atoms with Gasteiger partial charge in [-0.15, -0.1) is 0 Å². The molecule has 0 heterocycles. The monoisotopic (exact) mass is 161 g/mol. The lowest BCUT2D eigenvalue weighted by Crippen LogP contribution is -1.91. The number of carbonyl (C=O) groups excluding carboxylic acids is 1. The molecule has 0 amide bonds. The lowest BCUT2D eigenvalue weighted by molar-refractivity contribution is 0.101. The maximum absolute atomic E-state index is 10.9. The van der Waals surface area contributed by atoms with Gasteiger partial charge in [-0.25, -0.2) is 0 Å². The Morgan fingerprint density at radius 3 is 2.33 bits per heavy atom. The molecular weight excluding hydrogens is 150 g/mol. The second-order valence-electron chi connectivity index (χ2n) is 2.57. The van der Waals surface area contributed by atoms with Crippen LogP contribution < -0.4 is 0 Å². The van der Waals surface area contributed by atoms with Gasteiger partial charge in [0.1, 0.15) is 0 Å². The fourth-order valence-corrected chi connectivity index (χ4v) is 0.953. The van der Waals surface area contributed by atoms with Gasteiger partial charge in [0.2, 0.25) is 0 Å². The van der Waals surface area contributed by atoms with Gasteiger partial charge < -0.3 is 0 Å². The molecule has 0 aliphatic heterocycles. The fourth-order valence-electron chi connectivity index (χ4n) is 0.953. The molecule has 0 N–H and O–H groups in total. The maximum atomic E-state index is 10.9. The minimum absolute atomic E-state index is 0.0926. The second kappa shape index (κ2) is 3.81. The third-order valence-corrected chi connectivity index (χ3v) is 1.60. The van der Waals surface area contributed by atoms with E-state index in [4.69, 9.17) is 0 Å². The van der Waals surface area contributed by atoms with E-state index in [2.05, 4.69) is 4.99 Å². The van der Waals surface area contributed by atoms with Crippen molar-refractivity contribution in [2.45, 2.75) is 6.92 Å². The Morgan fingerprint density at radius 1 is 1.33 bits per heavy atom. The molecular formula is C10H11NO. The molecule has 0 bridgehead atoms. The Morgan fingerprint density at radius 2 is 1.92 bits per heavy atom. The predicted octanol–water partition coefficient (Wildman–Crippen LogP) is 1.94. The summed E-state index contributed by atoms with van der Waals surface area (Å²) in [4.78, 5) is 14.8. The third-order valence-electron chi connectivity index (χ3n) is 1.60. The van der Waals surface area contributed by atoms with Gasteiger partial charge in [-0.2, -0.15) is 0 Å². The van der Waals surface area contributed by atoms with Crippen molar-refractivity contribution in [2.75, 3.05) is 7.05 Å². The van der Waals surface area contributed by atoms with Gasteiger partial charge in [-0.05, 0) is 12.5 Å². The summed E-state index contributed by atoms with van der Waals surface area (Å²) >= 11 is 0. The van der Waals surface area contributed by atoms with E-state index in [0.717, 1.165) is 11.1 Å². The van der Waals surface area contributed by atoms with Crippen molar-refractivity contribution >= 4 is 12.0 Å². The highest BCUT2D eigenvalue weighted by Crippen LogP contribution is 2.02. The highest BCUT2D eigenvalue weighted by atomic mass is 16.1. The number of benzene rings is 1. The molecule has 0 saturated heterocycles. The zero-order valence-corrected chi connectivity index (χ0v) is 7.24. The van der Waals surface area contributed by atoms with Crippen LogP contribution in [0.25, 0.3) is 0 Å². The smallest absolute Gasteiger partial charge is 0.159 e. The maximum Gasteiger partial charge on any atom is 0.159 e. The van der Waals surface area contributed by atoms with Crippen LogP contribution in [0, 0.1) is 0 Å². The summed E-state index contributed by atoms with van der Waals surface area (Å²) in [6.07, 6.45) is 1.75. The molecule has 1 aromatic rings. The van der Waals surface area contributed by atoms with Gasteiger partial charge in [0.25, 0.3) is 0 Å². The van der Waals surface area contributed by atoms with Crippen LogP contribution in [0.3, 0.4) is 0 Å². The topological polar surface area (TPSA) is 29.4 Å². The molecule has 0 unspecified atom stereocenters. The van der Waals surface area contributed by atoms with Crippen molar-refractivity contribution in [2.24, 2.45) is 4.99 Å². The van der Waals surface area contributed by atoms with Gasteiger partial charge >= 0.3 is 0 Å². The standard InChI is InChI=1S/C10H11NO/c1-8(12)10-5-3-9(4-6-10)7-11-2/h3-7H,1-2H3. The normalized spacial score (nSPS) is 10.5. The quantitative estimate of drug-likeness (QED) is 0.481. The first kappa shape index (κ1) is 8.65. The molecule has 0 spiro atoms. The SMILES string of the molecule is CN=Cc1ccc(C(C)=O)cc1. The minimum Gasteiger partial charge on any atom is -0.296 e. The van der Waals surface area contributed by atoms with E-state index in [9.17, 15) is 4.79 Å². The molecule has 2 nitrogen and oxygen atoms in total. The van der Waals surface area contributed by atoms with Gasteiger partial charge in [0.15, 0.2) is 5.78 Å². The molecule has 0 aliphatic rings. The lowest BCUT2D eigenvalue weighted by atomic mass is 10.1. The first-order chi connectivity index (χ1) is 5.74. The molecule has 62 valence electrons. The summed E-state index contributed by atoms with van der Waals surface area (Å²) in [6.45, 7) is 1.56. The van der Waals surface area contributed by atoms with Crippen molar-refractivity contribution in [3.8, 4) is 0 Å². The van der Waals surface area contributed by atoms with Crippen LogP contribution >= 0.6 is 0 Å². The van der Waals surface area contributed by atoms with E-state index < -0.39 is 0 Å². The van der Waals surface area contributed by atoms with Gasteiger partial charge in [-0.3, -0.25) is 9.79 Å². The zero-order chi connectivity index (χ0) is 8.97. The van der Waals surface area contributed by atoms with Gasteiger partial charge in [0.05, 0.1) is 0 Å². The Bertz CT molecular complexity index is 298. The largest absolute Gasteiger partial charge is 0.296 e. The molecule has 0 aromatic heterocycles.